The first-order valence-corrected chi connectivity index (χ1v) is 38.0. The van der Waals surface area contributed by atoms with Gasteiger partial charge in [-0.2, -0.15) is 0 Å². The molecule has 2 aliphatic heterocycles. The molecule has 11 aromatic carbocycles. The minimum absolute atomic E-state index is 0.0617. The van der Waals surface area contributed by atoms with Crippen molar-refractivity contribution >= 4 is 88.5 Å². The number of ether oxygens (including phenoxy) is 2. The van der Waals surface area contributed by atoms with Gasteiger partial charge >= 0.3 is 0 Å². The van der Waals surface area contributed by atoms with Gasteiger partial charge in [-0.25, -0.2) is 0 Å². The first kappa shape index (κ1) is 68.9. The summed E-state index contributed by atoms with van der Waals surface area (Å²) in [6.07, 6.45) is 0. The summed E-state index contributed by atoms with van der Waals surface area (Å²) in [6.45, 7) is 55.5. The Morgan fingerprint density at radius 1 is 0.212 bits per heavy atom. The fraction of sp³-hybridized carbons (Fsp3) is 0.327. The van der Waals surface area contributed by atoms with Crippen molar-refractivity contribution in [3.05, 3.63) is 239 Å². The third-order valence-corrected chi connectivity index (χ3v) is 23.0. The Labute approximate surface area is 618 Å². The summed E-state index contributed by atoms with van der Waals surface area (Å²) in [5.41, 5.74) is 28.0. The lowest BCUT2D eigenvalue weighted by Gasteiger charge is -2.34. The summed E-state index contributed by atoms with van der Waals surface area (Å²) < 4.78 is 23.0. The average molecular weight is 1370 g/mol. The van der Waals surface area contributed by atoms with Gasteiger partial charge in [0, 0.05) is 73.4 Å². The van der Waals surface area contributed by atoms with Crippen LogP contribution in [0.2, 0.25) is 0 Å². The fourth-order valence-electron chi connectivity index (χ4n) is 16.3. The van der Waals surface area contributed by atoms with Gasteiger partial charge in [0.05, 0.1) is 38.8 Å². The van der Waals surface area contributed by atoms with Crippen LogP contribution in [0, 0.1) is 0 Å². The number of benzene rings is 11. The number of hydrogen-bond acceptors (Lipinski definition) is 2. The number of nitrogens with zero attached hydrogens (tertiary/aromatic N) is 3. The van der Waals surface area contributed by atoms with E-state index in [0.29, 0.717) is 0 Å². The largest absolute Gasteiger partial charge is 0.458 e. The van der Waals surface area contributed by atoms with Crippen LogP contribution in [-0.4, -0.2) is 20.4 Å². The van der Waals surface area contributed by atoms with Crippen molar-refractivity contribution in [1.29, 1.82) is 0 Å². The van der Waals surface area contributed by atoms with Gasteiger partial charge in [0.15, 0.2) is 0 Å². The van der Waals surface area contributed by atoms with Gasteiger partial charge in [-0.1, -0.05) is 287 Å². The normalized spacial score (nSPS) is 13.9. The van der Waals surface area contributed by atoms with Crippen molar-refractivity contribution in [2.75, 3.05) is 0 Å². The van der Waals surface area contributed by atoms with Crippen molar-refractivity contribution in [3.8, 4) is 62.3 Å². The van der Waals surface area contributed by atoms with Crippen molar-refractivity contribution in [2.45, 2.75) is 209 Å². The van der Waals surface area contributed by atoms with Crippen LogP contribution in [0.4, 0.5) is 0 Å². The SMILES string of the molecule is CC(C)(C)c1cc(-c2ccc3c4ccc(-c5cc(C(C)(C)C)cc(C(C)(C)C)c5)cc4n(-c4cc5c6c(c4)Oc4cc(-n7c8cc(C(C)(C)C)ccc8c8ccc(C(C)(C)C)cc87)ccc4B6c4ccc(-n6c7cc(C(C)(C)C)ccc7c7ccc(C(C)(C)C)cc76)cc4O5)c3c2)cc(C(C)(C)C)c1. The molecule has 0 bridgehead atoms. The molecule has 0 saturated heterocycles. The maximum Gasteiger partial charge on any atom is 0.260 e. The van der Waals surface area contributed by atoms with E-state index in [0.717, 1.165) is 67.5 Å². The van der Waals surface area contributed by atoms with Gasteiger partial charge in [0.25, 0.3) is 6.71 Å². The standard InChI is InChI=1S/C98H104BN3O2/c1-91(2,3)61-27-35-74-75-36-28-62(92(4,5)6)50-83(75)100(82(74)49-61)69-31-39-78-86(53-69)103-88-55-71(56-89-90(88)99(78)79-40-32-70(54-87(79)104-89)101-84-51-63(93(7,8)9)29-37-76(84)77-38-30-64(52-85(77)101)94(10,11)12)102-80-45-57(59-41-65(95(13,14)15)47-66(42-59)96(16,17)18)25-33-72(80)73-34-26-58(46-81(73)102)60-43-67(97(19,20)21)48-68(44-60)98(22,23)24/h25-56H,1-24H3. The van der Waals surface area contributed by atoms with E-state index in [1.807, 2.05) is 0 Å². The Kier molecular flexibility index (Phi) is 15.2. The second kappa shape index (κ2) is 23.0. The van der Waals surface area contributed by atoms with Gasteiger partial charge in [-0.3, -0.25) is 0 Å². The highest BCUT2D eigenvalue weighted by Crippen LogP contribution is 2.47. The van der Waals surface area contributed by atoms with Crippen LogP contribution in [0.15, 0.2) is 194 Å². The molecular formula is C98H104BN3O2. The molecule has 6 heteroatoms. The molecule has 0 saturated carbocycles. The number of hydrogen-bond donors (Lipinski definition) is 0. The first-order valence-electron chi connectivity index (χ1n) is 38.0. The highest BCUT2D eigenvalue weighted by molar-refractivity contribution is 6.98. The van der Waals surface area contributed by atoms with E-state index in [1.54, 1.807) is 0 Å². The lowest BCUT2D eigenvalue weighted by Crippen LogP contribution is -2.57. The monoisotopic (exact) mass is 1370 g/mol. The molecule has 0 amide bonds. The second-order valence-corrected chi connectivity index (χ2v) is 38.9. The zero-order valence-electron chi connectivity index (χ0n) is 66.2. The zero-order chi connectivity index (χ0) is 74.0. The topological polar surface area (TPSA) is 33.2 Å². The van der Waals surface area contributed by atoms with Gasteiger partial charge in [0.2, 0.25) is 0 Å². The van der Waals surface area contributed by atoms with Gasteiger partial charge in [0.1, 0.15) is 23.0 Å². The van der Waals surface area contributed by atoms with Crippen LogP contribution in [0.5, 0.6) is 23.0 Å². The number of rotatable bonds is 5. The molecule has 526 valence electrons. The van der Waals surface area contributed by atoms with Crippen molar-refractivity contribution in [1.82, 2.24) is 13.7 Å². The molecule has 2 aliphatic rings. The van der Waals surface area contributed by atoms with Crippen LogP contribution >= 0.6 is 0 Å². The average Bonchev–Trinajstić information content (AvgIpc) is 1.07. The van der Waals surface area contributed by atoms with E-state index < -0.39 is 0 Å². The molecule has 104 heavy (non-hydrogen) atoms. The second-order valence-electron chi connectivity index (χ2n) is 38.9. The van der Waals surface area contributed by atoms with Gasteiger partial charge < -0.3 is 23.2 Å². The molecule has 0 fully saturated rings. The van der Waals surface area contributed by atoms with Gasteiger partial charge in [-0.15, -0.1) is 0 Å². The zero-order valence-corrected chi connectivity index (χ0v) is 66.2. The van der Waals surface area contributed by atoms with Crippen LogP contribution in [-0.2, 0) is 43.3 Å². The Morgan fingerprint density at radius 3 is 0.740 bits per heavy atom. The van der Waals surface area contributed by atoms with E-state index in [4.69, 9.17) is 9.47 Å². The predicted molar refractivity (Wildman–Crippen MR) is 448 cm³/mol. The molecule has 14 aromatic rings. The summed E-state index contributed by atoms with van der Waals surface area (Å²) >= 11 is 0. The van der Waals surface area contributed by atoms with Crippen LogP contribution < -0.4 is 25.9 Å². The van der Waals surface area contributed by atoms with E-state index in [9.17, 15) is 0 Å². The quantitative estimate of drug-likeness (QED) is 0.161. The summed E-state index contributed by atoms with van der Waals surface area (Å²) in [6, 6.07) is 76.0. The summed E-state index contributed by atoms with van der Waals surface area (Å²) in [4.78, 5) is 0. The number of aromatic nitrogens is 3. The first-order chi connectivity index (χ1) is 48.5. The van der Waals surface area contributed by atoms with Crippen molar-refractivity contribution in [2.24, 2.45) is 0 Å². The molecule has 5 nitrogen and oxygen atoms in total. The minimum Gasteiger partial charge on any atom is -0.458 e. The summed E-state index contributed by atoms with van der Waals surface area (Å²) in [5, 5.41) is 7.30. The summed E-state index contributed by atoms with van der Waals surface area (Å²) in [7, 11) is 0. The maximum atomic E-state index is 7.73. The molecule has 16 rings (SSSR count). The predicted octanol–water partition coefficient (Wildman–Crippen LogP) is 25.4. The minimum atomic E-state index is -0.225. The smallest absolute Gasteiger partial charge is 0.260 e. The number of fused-ring (bicyclic) bond motifs is 13. The molecule has 0 radical (unpaired) electrons. The fourth-order valence-corrected chi connectivity index (χ4v) is 16.3. The molecule has 0 unspecified atom stereocenters. The lowest BCUT2D eigenvalue weighted by molar-refractivity contribution is 0.464. The van der Waals surface area contributed by atoms with E-state index >= 15 is 0 Å². The van der Waals surface area contributed by atoms with Gasteiger partial charge in [-0.05, 0) is 170 Å². The molecule has 5 heterocycles. The molecule has 0 atom stereocenters. The van der Waals surface area contributed by atoms with Crippen LogP contribution in [0.1, 0.15) is 211 Å². The molecule has 3 aromatic heterocycles. The highest BCUT2D eigenvalue weighted by atomic mass is 16.5. The Bertz CT molecular complexity index is 5370. The van der Waals surface area contributed by atoms with E-state index in [2.05, 4.69) is 374 Å². The summed E-state index contributed by atoms with van der Waals surface area (Å²) in [5.74, 6) is 3.22. The third-order valence-electron chi connectivity index (χ3n) is 23.0. The Balaban J connectivity index is 0.976. The highest BCUT2D eigenvalue weighted by Gasteiger charge is 2.42. The Morgan fingerprint density at radius 2 is 0.462 bits per heavy atom. The molecule has 0 N–H and O–H groups in total. The molecule has 0 spiro atoms. The Hall–Kier alpha value is -9.52. The van der Waals surface area contributed by atoms with E-state index in [1.165, 1.54) is 121 Å². The molecule has 0 aliphatic carbocycles. The van der Waals surface area contributed by atoms with Crippen LogP contribution in [0.3, 0.4) is 0 Å². The van der Waals surface area contributed by atoms with Crippen LogP contribution in [0.25, 0.3) is 105 Å². The maximum absolute atomic E-state index is 7.73. The van der Waals surface area contributed by atoms with Crippen molar-refractivity contribution < 1.29 is 9.47 Å². The molecular weight excluding hydrogens is 1260 g/mol. The lowest BCUT2D eigenvalue weighted by atomic mass is 9.35. The van der Waals surface area contributed by atoms with Crippen molar-refractivity contribution in [3.63, 3.8) is 0 Å². The van der Waals surface area contributed by atoms with E-state index in [-0.39, 0.29) is 50.0 Å². The third kappa shape index (κ3) is 11.6.